The van der Waals surface area contributed by atoms with Gasteiger partial charge in [0.2, 0.25) is 5.91 Å². The number of aryl methyl sites for hydroxylation is 1. The van der Waals surface area contributed by atoms with E-state index in [-0.39, 0.29) is 18.3 Å². The van der Waals surface area contributed by atoms with Crippen LogP contribution in [0.5, 0.6) is 5.75 Å². The molecule has 0 aliphatic heterocycles. The summed E-state index contributed by atoms with van der Waals surface area (Å²) in [6.45, 7) is 8.45. The first-order valence-electron chi connectivity index (χ1n) is 9.57. The number of halogens is 1. The molecule has 158 valence electrons. The molecule has 1 aromatic heterocycles. The lowest BCUT2D eigenvalue weighted by atomic mass is 10.0. The third-order valence-electron chi connectivity index (χ3n) is 4.59. The molecular formula is C22H24IN3O3S. The Bertz CT molecular complexity index is 1040. The fourth-order valence-electron chi connectivity index (χ4n) is 2.81. The van der Waals surface area contributed by atoms with Crippen molar-refractivity contribution in [2.45, 2.75) is 45.4 Å². The minimum absolute atomic E-state index is 0.116. The zero-order chi connectivity index (χ0) is 21.7. The zero-order valence-electron chi connectivity index (χ0n) is 17.4. The van der Waals surface area contributed by atoms with E-state index in [0.29, 0.717) is 17.0 Å². The number of thioether (sulfide) groups is 1. The molecule has 0 radical (unpaired) electrons. The number of aromatic nitrogens is 2. The van der Waals surface area contributed by atoms with Crippen LogP contribution in [0.1, 0.15) is 42.3 Å². The van der Waals surface area contributed by atoms with Crippen molar-refractivity contribution >= 4 is 45.9 Å². The van der Waals surface area contributed by atoms with Gasteiger partial charge in [-0.15, -0.1) is 10.2 Å². The molecule has 1 N–H and O–H groups in total. The summed E-state index contributed by atoms with van der Waals surface area (Å²) in [4.78, 5) is 12.4. The molecule has 2 aromatic carbocycles. The van der Waals surface area contributed by atoms with E-state index in [9.17, 15) is 4.79 Å². The number of nitrogens with one attached hydrogen (secondary N) is 1. The van der Waals surface area contributed by atoms with Crippen molar-refractivity contribution in [2.75, 3.05) is 11.1 Å². The minimum Gasteiger partial charge on any atom is -0.484 e. The number of nitrogens with zero attached hydrogens (tertiary/aromatic N) is 2. The summed E-state index contributed by atoms with van der Waals surface area (Å²) < 4.78 is 12.5. The Labute approximate surface area is 194 Å². The molecule has 0 spiro atoms. The third kappa shape index (κ3) is 5.98. The van der Waals surface area contributed by atoms with Crippen molar-refractivity contribution in [3.05, 3.63) is 62.5 Å². The highest BCUT2D eigenvalue weighted by Crippen LogP contribution is 2.27. The molecule has 30 heavy (non-hydrogen) atoms. The van der Waals surface area contributed by atoms with Gasteiger partial charge in [0, 0.05) is 9.26 Å². The molecule has 0 unspecified atom stereocenters. The predicted octanol–water partition coefficient (Wildman–Crippen LogP) is 5.72. The van der Waals surface area contributed by atoms with Gasteiger partial charge < -0.3 is 14.5 Å². The van der Waals surface area contributed by atoms with E-state index < -0.39 is 0 Å². The van der Waals surface area contributed by atoms with Crippen molar-refractivity contribution in [3.63, 3.8) is 0 Å². The fourth-order valence-corrected chi connectivity index (χ4v) is 3.91. The van der Waals surface area contributed by atoms with Gasteiger partial charge in [-0.1, -0.05) is 37.7 Å². The quantitative estimate of drug-likeness (QED) is 0.293. The summed E-state index contributed by atoms with van der Waals surface area (Å²) in [5.41, 5.74) is 4.20. The second kappa shape index (κ2) is 10.3. The molecule has 3 aromatic rings. The number of carbonyl (C=O) groups is 1. The molecule has 0 aliphatic rings. The Morgan fingerprint density at radius 3 is 2.80 bits per heavy atom. The third-order valence-corrected chi connectivity index (χ3v) is 6.08. The Hall–Kier alpha value is -2.07. The normalized spacial score (nSPS) is 11.0. The van der Waals surface area contributed by atoms with Crippen LogP contribution in [0, 0.1) is 17.4 Å². The number of ether oxygens (including phenoxy) is 1. The molecule has 0 aliphatic carbocycles. The van der Waals surface area contributed by atoms with Crippen molar-refractivity contribution in [3.8, 4) is 5.75 Å². The number of benzene rings is 2. The van der Waals surface area contributed by atoms with Crippen LogP contribution in [0.3, 0.4) is 0 Å². The number of hydrogen-bond donors (Lipinski definition) is 1. The second-order valence-corrected chi connectivity index (χ2v) is 9.34. The van der Waals surface area contributed by atoms with Gasteiger partial charge >= 0.3 is 0 Å². The van der Waals surface area contributed by atoms with Crippen LogP contribution < -0.4 is 10.1 Å². The molecular weight excluding hydrogens is 513 g/mol. The van der Waals surface area contributed by atoms with E-state index in [4.69, 9.17) is 9.15 Å². The van der Waals surface area contributed by atoms with Gasteiger partial charge in [0.25, 0.3) is 11.1 Å². The van der Waals surface area contributed by atoms with E-state index in [1.165, 1.54) is 11.8 Å². The number of anilines is 1. The van der Waals surface area contributed by atoms with Gasteiger partial charge in [0.05, 0.1) is 5.75 Å². The Morgan fingerprint density at radius 1 is 1.23 bits per heavy atom. The lowest BCUT2D eigenvalue weighted by molar-refractivity contribution is -0.113. The summed E-state index contributed by atoms with van der Waals surface area (Å²) in [7, 11) is 0. The Morgan fingerprint density at radius 2 is 2.03 bits per heavy atom. The molecule has 0 bridgehead atoms. The summed E-state index contributed by atoms with van der Waals surface area (Å²) in [5.74, 6) is 1.55. The first kappa shape index (κ1) is 22.6. The van der Waals surface area contributed by atoms with Crippen LogP contribution in [0.4, 0.5) is 5.69 Å². The Balaban J connectivity index is 1.53. The van der Waals surface area contributed by atoms with Crippen molar-refractivity contribution in [1.29, 1.82) is 0 Å². The maximum absolute atomic E-state index is 12.4. The largest absolute Gasteiger partial charge is 0.484 e. The summed E-state index contributed by atoms with van der Waals surface area (Å²) in [5, 5.41) is 11.3. The van der Waals surface area contributed by atoms with Gasteiger partial charge in [0.1, 0.15) is 5.75 Å². The van der Waals surface area contributed by atoms with E-state index in [1.54, 1.807) is 0 Å². The van der Waals surface area contributed by atoms with Crippen LogP contribution in [0.15, 0.2) is 46.0 Å². The first-order chi connectivity index (χ1) is 14.3. The summed E-state index contributed by atoms with van der Waals surface area (Å²) >= 11 is 3.48. The van der Waals surface area contributed by atoms with E-state index in [2.05, 4.69) is 58.0 Å². The highest BCUT2D eigenvalue weighted by Gasteiger charge is 2.14. The minimum atomic E-state index is -0.116. The number of carbonyl (C=O) groups excluding carboxylic acids is 1. The van der Waals surface area contributed by atoms with Crippen LogP contribution >= 0.6 is 34.4 Å². The molecule has 0 saturated heterocycles. The van der Waals surface area contributed by atoms with Crippen LogP contribution in [0.25, 0.3) is 0 Å². The maximum atomic E-state index is 12.4. The zero-order valence-corrected chi connectivity index (χ0v) is 20.3. The molecule has 1 amide bonds. The van der Waals surface area contributed by atoms with Gasteiger partial charge in [-0.25, -0.2) is 0 Å². The number of hydrogen-bond acceptors (Lipinski definition) is 6. The standard InChI is InChI=1S/C22H24IN3O3S/c1-13(2)17-10-16(23)8-9-18(17)24-20(27)12-30-22-26-25-21(29-22)11-28-19-7-5-6-14(3)15(19)4/h5-10,13H,11-12H2,1-4H3,(H,24,27). The maximum Gasteiger partial charge on any atom is 0.277 e. The molecule has 3 rings (SSSR count). The molecule has 0 fully saturated rings. The van der Waals surface area contributed by atoms with E-state index >= 15 is 0 Å². The average Bonchev–Trinajstić information content (AvgIpc) is 3.16. The summed E-state index contributed by atoms with van der Waals surface area (Å²) in [6, 6.07) is 11.9. The average molecular weight is 537 g/mol. The molecule has 1 heterocycles. The SMILES string of the molecule is Cc1cccc(OCc2nnc(SCC(=O)Nc3ccc(I)cc3C(C)C)o2)c1C. The highest BCUT2D eigenvalue weighted by atomic mass is 127. The van der Waals surface area contributed by atoms with Crippen molar-refractivity contribution < 1.29 is 13.9 Å². The van der Waals surface area contributed by atoms with Gasteiger partial charge in [-0.05, 0) is 83.3 Å². The first-order valence-corrected chi connectivity index (χ1v) is 11.6. The molecule has 6 nitrogen and oxygen atoms in total. The highest BCUT2D eigenvalue weighted by molar-refractivity contribution is 14.1. The fraction of sp³-hybridized carbons (Fsp3) is 0.318. The van der Waals surface area contributed by atoms with Crippen LogP contribution in [-0.2, 0) is 11.4 Å². The van der Waals surface area contributed by atoms with E-state index in [0.717, 1.165) is 31.7 Å². The van der Waals surface area contributed by atoms with Gasteiger partial charge in [-0.3, -0.25) is 4.79 Å². The van der Waals surface area contributed by atoms with E-state index in [1.807, 2.05) is 44.2 Å². The Kier molecular flexibility index (Phi) is 7.76. The molecule has 0 saturated carbocycles. The number of rotatable bonds is 8. The molecule has 8 heteroatoms. The lowest BCUT2D eigenvalue weighted by Crippen LogP contribution is -2.15. The van der Waals surface area contributed by atoms with Crippen molar-refractivity contribution in [2.24, 2.45) is 0 Å². The van der Waals surface area contributed by atoms with Crippen molar-refractivity contribution in [1.82, 2.24) is 10.2 Å². The number of amides is 1. The predicted molar refractivity (Wildman–Crippen MR) is 127 cm³/mol. The van der Waals surface area contributed by atoms with Gasteiger partial charge in [0.15, 0.2) is 6.61 Å². The van der Waals surface area contributed by atoms with Gasteiger partial charge in [-0.2, -0.15) is 0 Å². The second-order valence-electron chi connectivity index (χ2n) is 7.17. The smallest absolute Gasteiger partial charge is 0.277 e. The van der Waals surface area contributed by atoms with Crippen LogP contribution in [-0.4, -0.2) is 21.9 Å². The summed E-state index contributed by atoms with van der Waals surface area (Å²) in [6.07, 6.45) is 0. The topological polar surface area (TPSA) is 77.2 Å². The van der Waals surface area contributed by atoms with Crippen LogP contribution in [0.2, 0.25) is 0 Å². The monoisotopic (exact) mass is 537 g/mol. The lowest BCUT2D eigenvalue weighted by Gasteiger charge is -2.14. The molecule has 0 atom stereocenters.